The molecule has 3 rings (SSSR count). The summed E-state index contributed by atoms with van der Waals surface area (Å²) in [6.07, 6.45) is -0.822. The first-order valence-electron chi connectivity index (χ1n) is 10.2. The standard InChI is InChI=1S/C24H27N3O5/c1-15-6-8-19(12-16(15)2)27-23(28)11-10-22(26-27)32-17(3)24(29)25-14-18-7-9-20(30-4)13-21(18)31-5/h6-13,17H,14H2,1-5H3,(H,25,29)/t17-/m1/s1. The van der Waals surface area contributed by atoms with Gasteiger partial charge in [0, 0.05) is 30.3 Å². The number of amides is 1. The third-order valence-electron chi connectivity index (χ3n) is 5.12. The van der Waals surface area contributed by atoms with Crippen molar-refractivity contribution in [2.45, 2.75) is 33.4 Å². The van der Waals surface area contributed by atoms with E-state index in [1.165, 1.54) is 16.8 Å². The van der Waals surface area contributed by atoms with Crippen LogP contribution in [0.1, 0.15) is 23.6 Å². The van der Waals surface area contributed by atoms with Crippen LogP contribution in [0.4, 0.5) is 0 Å². The van der Waals surface area contributed by atoms with Crippen LogP contribution in [0.15, 0.2) is 53.3 Å². The largest absolute Gasteiger partial charge is 0.497 e. The molecule has 8 heteroatoms. The summed E-state index contributed by atoms with van der Waals surface area (Å²) in [6, 6.07) is 13.8. The lowest BCUT2D eigenvalue weighted by Crippen LogP contribution is -2.36. The Labute approximate surface area is 186 Å². The van der Waals surface area contributed by atoms with Gasteiger partial charge in [0.25, 0.3) is 11.5 Å². The molecule has 8 nitrogen and oxygen atoms in total. The van der Waals surface area contributed by atoms with E-state index in [1.54, 1.807) is 33.3 Å². The number of nitrogens with one attached hydrogen (secondary N) is 1. The molecule has 0 spiro atoms. The second kappa shape index (κ2) is 10.00. The van der Waals surface area contributed by atoms with Gasteiger partial charge < -0.3 is 19.5 Å². The second-order valence-electron chi connectivity index (χ2n) is 7.35. The van der Waals surface area contributed by atoms with Crippen LogP contribution in [0.3, 0.4) is 0 Å². The summed E-state index contributed by atoms with van der Waals surface area (Å²) in [5, 5.41) is 7.09. The highest BCUT2D eigenvalue weighted by atomic mass is 16.5. The minimum absolute atomic E-state index is 0.174. The van der Waals surface area contributed by atoms with Gasteiger partial charge in [0.2, 0.25) is 5.88 Å². The molecule has 0 aliphatic rings. The van der Waals surface area contributed by atoms with E-state index in [9.17, 15) is 9.59 Å². The highest BCUT2D eigenvalue weighted by Gasteiger charge is 2.17. The zero-order chi connectivity index (χ0) is 23.3. The minimum Gasteiger partial charge on any atom is -0.497 e. The Morgan fingerprint density at radius 2 is 1.81 bits per heavy atom. The van der Waals surface area contributed by atoms with Gasteiger partial charge in [-0.2, -0.15) is 4.68 Å². The monoisotopic (exact) mass is 437 g/mol. The number of rotatable bonds is 8. The van der Waals surface area contributed by atoms with E-state index in [1.807, 2.05) is 38.1 Å². The minimum atomic E-state index is -0.822. The average molecular weight is 437 g/mol. The Kier molecular flexibility index (Phi) is 7.14. The quantitative estimate of drug-likeness (QED) is 0.583. The van der Waals surface area contributed by atoms with Crippen molar-refractivity contribution in [1.29, 1.82) is 0 Å². The predicted octanol–water partition coefficient (Wildman–Crippen LogP) is 2.95. The summed E-state index contributed by atoms with van der Waals surface area (Å²) < 4.78 is 17.5. The van der Waals surface area contributed by atoms with Crippen LogP contribution >= 0.6 is 0 Å². The molecule has 168 valence electrons. The number of aryl methyl sites for hydroxylation is 2. The number of carbonyl (C=O) groups is 1. The molecule has 32 heavy (non-hydrogen) atoms. The first kappa shape index (κ1) is 22.9. The lowest BCUT2D eigenvalue weighted by Gasteiger charge is -2.16. The first-order chi connectivity index (χ1) is 15.3. The Morgan fingerprint density at radius 1 is 1.03 bits per heavy atom. The van der Waals surface area contributed by atoms with E-state index in [-0.39, 0.29) is 23.9 Å². The predicted molar refractivity (Wildman–Crippen MR) is 121 cm³/mol. The maximum Gasteiger partial charge on any atom is 0.271 e. The fourth-order valence-electron chi connectivity index (χ4n) is 3.06. The van der Waals surface area contributed by atoms with Crippen LogP contribution in [0.5, 0.6) is 17.4 Å². The highest BCUT2D eigenvalue weighted by Crippen LogP contribution is 2.24. The van der Waals surface area contributed by atoms with Crippen molar-refractivity contribution in [2.24, 2.45) is 0 Å². The SMILES string of the molecule is COc1ccc(CNC(=O)[C@@H](C)Oc2ccc(=O)n(-c3ccc(C)c(C)c3)n2)c(OC)c1. The zero-order valence-corrected chi connectivity index (χ0v) is 18.8. The number of nitrogens with zero attached hydrogens (tertiary/aromatic N) is 2. The Bertz CT molecular complexity index is 1170. The molecule has 1 amide bonds. The van der Waals surface area contributed by atoms with Gasteiger partial charge in [0.1, 0.15) is 11.5 Å². The first-order valence-corrected chi connectivity index (χ1v) is 10.2. The summed E-state index contributed by atoms with van der Waals surface area (Å²) in [5.41, 5.74) is 3.31. The van der Waals surface area contributed by atoms with Gasteiger partial charge in [0.05, 0.1) is 19.9 Å². The summed E-state index contributed by atoms with van der Waals surface area (Å²) in [5.74, 6) is 1.13. The number of methoxy groups -OCH3 is 2. The Morgan fingerprint density at radius 3 is 2.50 bits per heavy atom. The molecule has 0 aliphatic carbocycles. The number of hydrogen-bond donors (Lipinski definition) is 1. The third-order valence-corrected chi connectivity index (χ3v) is 5.12. The smallest absolute Gasteiger partial charge is 0.271 e. The van der Waals surface area contributed by atoms with Crippen molar-refractivity contribution >= 4 is 5.91 Å². The van der Waals surface area contributed by atoms with E-state index in [0.717, 1.165) is 16.7 Å². The second-order valence-corrected chi connectivity index (χ2v) is 7.35. The van der Waals surface area contributed by atoms with Crippen molar-refractivity contribution in [2.75, 3.05) is 14.2 Å². The summed E-state index contributed by atoms with van der Waals surface area (Å²) >= 11 is 0. The number of ether oxygens (including phenoxy) is 3. The van der Waals surface area contributed by atoms with E-state index in [4.69, 9.17) is 14.2 Å². The lowest BCUT2D eigenvalue weighted by atomic mass is 10.1. The average Bonchev–Trinajstić information content (AvgIpc) is 2.80. The fourth-order valence-corrected chi connectivity index (χ4v) is 3.06. The molecule has 0 unspecified atom stereocenters. The maximum atomic E-state index is 12.5. The molecule has 0 aliphatic heterocycles. The van der Waals surface area contributed by atoms with E-state index in [2.05, 4.69) is 10.4 Å². The molecule has 1 aromatic heterocycles. The van der Waals surface area contributed by atoms with Gasteiger partial charge in [-0.15, -0.1) is 5.10 Å². The van der Waals surface area contributed by atoms with Gasteiger partial charge in [0.15, 0.2) is 6.10 Å². The molecule has 0 radical (unpaired) electrons. The third kappa shape index (κ3) is 5.26. The summed E-state index contributed by atoms with van der Waals surface area (Å²) in [6.45, 7) is 5.84. The van der Waals surface area contributed by atoms with Crippen LogP contribution < -0.4 is 25.1 Å². The van der Waals surface area contributed by atoms with E-state index < -0.39 is 6.10 Å². The molecule has 0 saturated heterocycles. The molecule has 3 aromatic rings. The van der Waals surface area contributed by atoms with Gasteiger partial charge >= 0.3 is 0 Å². The normalized spacial score (nSPS) is 11.5. The molecule has 0 fully saturated rings. The van der Waals surface area contributed by atoms with Crippen molar-refractivity contribution in [1.82, 2.24) is 15.1 Å². The Hall–Kier alpha value is -3.81. The Balaban J connectivity index is 1.69. The number of carbonyl (C=O) groups excluding carboxylic acids is 1. The van der Waals surface area contributed by atoms with Crippen LogP contribution in [0, 0.1) is 13.8 Å². The molecular formula is C24H27N3O5. The van der Waals surface area contributed by atoms with Gasteiger partial charge in [-0.1, -0.05) is 6.07 Å². The number of aromatic nitrogens is 2. The molecule has 0 bridgehead atoms. The van der Waals surface area contributed by atoms with Crippen LogP contribution in [-0.4, -0.2) is 36.0 Å². The van der Waals surface area contributed by atoms with Crippen LogP contribution in [0.2, 0.25) is 0 Å². The van der Waals surface area contributed by atoms with Gasteiger partial charge in [-0.3, -0.25) is 9.59 Å². The summed E-state index contributed by atoms with van der Waals surface area (Å²) in [4.78, 5) is 24.8. The van der Waals surface area contributed by atoms with Gasteiger partial charge in [-0.05, 0) is 56.2 Å². The highest BCUT2D eigenvalue weighted by molar-refractivity contribution is 5.80. The van der Waals surface area contributed by atoms with Crippen LogP contribution in [0.25, 0.3) is 5.69 Å². The topological polar surface area (TPSA) is 91.7 Å². The van der Waals surface area contributed by atoms with Gasteiger partial charge in [-0.25, -0.2) is 0 Å². The molecule has 1 atom stereocenters. The maximum absolute atomic E-state index is 12.5. The zero-order valence-electron chi connectivity index (χ0n) is 18.8. The summed E-state index contributed by atoms with van der Waals surface area (Å²) in [7, 11) is 3.13. The molecule has 1 heterocycles. The van der Waals surface area contributed by atoms with Crippen LogP contribution in [-0.2, 0) is 11.3 Å². The lowest BCUT2D eigenvalue weighted by molar-refractivity contribution is -0.127. The van der Waals surface area contributed by atoms with Crippen molar-refractivity contribution in [3.63, 3.8) is 0 Å². The molecule has 0 saturated carbocycles. The molecular weight excluding hydrogens is 410 g/mol. The van der Waals surface area contributed by atoms with E-state index >= 15 is 0 Å². The van der Waals surface area contributed by atoms with Crippen molar-refractivity contribution in [3.05, 3.63) is 75.6 Å². The molecule has 1 N–H and O–H groups in total. The number of benzene rings is 2. The fraction of sp³-hybridized carbons (Fsp3) is 0.292. The molecule has 2 aromatic carbocycles. The number of hydrogen-bond acceptors (Lipinski definition) is 6. The van der Waals surface area contributed by atoms with Crippen molar-refractivity contribution < 1.29 is 19.0 Å². The van der Waals surface area contributed by atoms with Crippen molar-refractivity contribution in [3.8, 4) is 23.1 Å². The van der Waals surface area contributed by atoms with E-state index in [0.29, 0.717) is 17.2 Å².